The maximum Gasteiger partial charge on any atom is 0.228 e. The highest BCUT2D eigenvalue weighted by Crippen LogP contribution is 2.38. The van der Waals surface area contributed by atoms with Gasteiger partial charge in [0.1, 0.15) is 24.1 Å². The predicted octanol–water partition coefficient (Wildman–Crippen LogP) is 0.0688. The van der Waals surface area contributed by atoms with Crippen LogP contribution >= 0.6 is 0 Å². The number of hydrogen-bond acceptors (Lipinski definition) is 7. The molecule has 0 saturated carbocycles. The first-order chi connectivity index (χ1) is 10.5. The lowest BCUT2D eigenvalue weighted by atomic mass is 10.1. The van der Waals surface area contributed by atoms with Crippen LogP contribution in [0.25, 0.3) is 10.8 Å². The Morgan fingerprint density at radius 3 is 2.50 bits per heavy atom. The summed E-state index contributed by atoms with van der Waals surface area (Å²) >= 11 is 0. The molecule has 1 aliphatic rings. The Morgan fingerprint density at radius 1 is 0.955 bits per heavy atom. The summed E-state index contributed by atoms with van der Waals surface area (Å²) in [6, 6.07) is 7.69. The minimum absolute atomic E-state index is 0.167. The first-order valence-electron chi connectivity index (χ1n) is 6.75. The second kappa shape index (κ2) is 5.62. The number of benzene rings is 2. The molecule has 118 valence electrons. The van der Waals surface area contributed by atoms with E-state index >= 15 is 0 Å². The number of phenols is 2. The van der Waals surface area contributed by atoms with Crippen molar-refractivity contribution in [3.8, 4) is 17.2 Å². The van der Waals surface area contributed by atoms with E-state index in [1.807, 2.05) is 0 Å². The van der Waals surface area contributed by atoms with Crippen molar-refractivity contribution in [2.75, 3.05) is 6.61 Å². The lowest BCUT2D eigenvalue weighted by molar-refractivity contribution is -0.241. The molecular weight excluding hydrogens is 292 g/mol. The second-order valence-corrected chi connectivity index (χ2v) is 5.15. The maximum absolute atomic E-state index is 9.89. The quantitative estimate of drug-likeness (QED) is 0.498. The van der Waals surface area contributed by atoms with Crippen molar-refractivity contribution < 1.29 is 35.0 Å². The topological polar surface area (TPSA) is 120 Å². The summed E-state index contributed by atoms with van der Waals surface area (Å²) in [5, 5.41) is 49.2. The van der Waals surface area contributed by atoms with Gasteiger partial charge in [0.15, 0.2) is 11.5 Å². The van der Waals surface area contributed by atoms with E-state index in [9.17, 15) is 25.5 Å². The highest BCUT2D eigenvalue weighted by atomic mass is 16.7. The molecule has 1 heterocycles. The highest BCUT2D eigenvalue weighted by Gasteiger charge is 2.39. The summed E-state index contributed by atoms with van der Waals surface area (Å²) in [6.07, 6.45) is -5.11. The molecule has 3 rings (SSSR count). The third kappa shape index (κ3) is 2.44. The van der Waals surface area contributed by atoms with E-state index in [1.165, 1.54) is 6.07 Å². The highest BCUT2D eigenvalue weighted by molar-refractivity contribution is 5.94. The first-order valence-corrected chi connectivity index (χ1v) is 6.75. The van der Waals surface area contributed by atoms with Gasteiger partial charge in [0.05, 0.1) is 6.61 Å². The Kier molecular flexibility index (Phi) is 3.79. The molecule has 1 fully saturated rings. The average molecular weight is 308 g/mol. The maximum atomic E-state index is 9.89. The fourth-order valence-corrected chi connectivity index (χ4v) is 2.41. The fraction of sp³-hybridized carbons (Fsp3) is 0.333. The van der Waals surface area contributed by atoms with Crippen LogP contribution in [-0.2, 0) is 4.74 Å². The third-order valence-electron chi connectivity index (χ3n) is 3.67. The lowest BCUT2D eigenvalue weighted by Gasteiger charge is -2.35. The first kappa shape index (κ1) is 14.9. The van der Waals surface area contributed by atoms with Crippen LogP contribution in [0.1, 0.15) is 0 Å². The van der Waals surface area contributed by atoms with Crippen LogP contribution in [0.4, 0.5) is 0 Å². The Hall–Kier alpha value is -2.06. The molecule has 1 saturated heterocycles. The van der Waals surface area contributed by atoms with Gasteiger partial charge in [-0.15, -0.1) is 0 Å². The number of hydrogen-bond donors (Lipinski definition) is 5. The van der Waals surface area contributed by atoms with Gasteiger partial charge in [-0.25, -0.2) is 0 Å². The molecule has 0 aromatic heterocycles. The van der Waals surface area contributed by atoms with Crippen molar-refractivity contribution in [2.24, 2.45) is 0 Å². The smallest absolute Gasteiger partial charge is 0.228 e. The van der Waals surface area contributed by atoms with Gasteiger partial charge in [-0.2, -0.15) is 0 Å². The average Bonchev–Trinajstić information content (AvgIpc) is 2.52. The molecule has 2 aromatic carbocycles. The minimum atomic E-state index is -1.41. The number of fused-ring (bicyclic) bond motifs is 1. The van der Waals surface area contributed by atoms with Crippen molar-refractivity contribution >= 4 is 10.8 Å². The Morgan fingerprint density at radius 2 is 1.73 bits per heavy atom. The van der Waals surface area contributed by atoms with Crippen LogP contribution in [-0.4, -0.2) is 56.7 Å². The number of phenolic OH excluding ortho intramolecular Hbond substituents is 2. The van der Waals surface area contributed by atoms with Gasteiger partial charge in [-0.05, 0) is 18.2 Å². The molecule has 2 aromatic rings. The van der Waals surface area contributed by atoms with E-state index in [1.54, 1.807) is 24.3 Å². The van der Waals surface area contributed by atoms with E-state index in [-0.39, 0.29) is 18.1 Å². The standard InChI is InChI=1S/C15H16O7/c16-9-5-4-7-8(12(9)18)2-1-3-11(7)22-15-14(20)13(19)10(17)6-21-15/h1-5,10,13-20H,6H2/t10-,13+,14-,15+/m1/s1. The van der Waals surface area contributed by atoms with Crippen LogP contribution in [0.3, 0.4) is 0 Å². The molecular formula is C15H16O7. The van der Waals surface area contributed by atoms with Crippen LogP contribution < -0.4 is 4.74 Å². The zero-order valence-corrected chi connectivity index (χ0v) is 11.5. The Balaban J connectivity index is 1.93. The largest absolute Gasteiger partial charge is 0.504 e. The molecule has 0 radical (unpaired) electrons. The van der Waals surface area contributed by atoms with Gasteiger partial charge in [0.2, 0.25) is 6.29 Å². The van der Waals surface area contributed by atoms with Gasteiger partial charge < -0.3 is 35.0 Å². The Labute approximate surface area is 125 Å². The molecule has 0 bridgehead atoms. The predicted molar refractivity (Wildman–Crippen MR) is 75.7 cm³/mol. The van der Waals surface area contributed by atoms with Gasteiger partial charge >= 0.3 is 0 Å². The molecule has 22 heavy (non-hydrogen) atoms. The van der Waals surface area contributed by atoms with Gasteiger partial charge in [0, 0.05) is 10.8 Å². The molecule has 0 aliphatic carbocycles. The van der Waals surface area contributed by atoms with Crippen molar-refractivity contribution in [3.05, 3.63) is 30.3 Å². The molecule has 7 nitrogen and oxygen atoms in total. The number of aromatic hydroxyl groups is 2. The zero-order valence-electron chi connectivity index (χ0n) is 11.5. The number of aliphatic hydroxyl groups is 3. The SMILES string of the molecule is Oc1ccc2c(O[C@@H]3OC[C@@H](O)[C@H](O)[C@H]3O)cccc2c1O. The Bertz CT molecular complexity index is 687. The van der Waals surface area contributed by atoms with Crippen molar-refractivity contribution in [1.29, 1.82) is 0 Å². The lowest BCUT2D eigenvalue weighted by Crippen LogP contribution is -2.54. The minimum Gasteiger partial charge on any atom is -0.504 e. The molecule has 0 amide bonds. The normalized spacial score (nSPS) is 28.7. The molecule has 0 unspecified atom stereocenters. The summed E-state index contributed by atoms with van der Waals surface area (Å²) in [6.45, 7) is -0.167. The van der Waals surface area contributed by atoms with Crippen molar-refractivity contribution in [2.45, 2.75) is 24.6 Å². The van der Waals surface area contributed by atoms with Crippen LogP contribution in [0.5, 0.6) is 17.2 Å². The van der Waals surface area contributed by atoms with Crippen LogP contribution in [0.2, 0.25) is 0 Å². The van der Waals surface area contributed by atoms with E-state index in [4.69, 9.17) is 9.47 Å². The third-order valence-corrected chi connectivity index (χ3v) is 3.67. The van der Waals surface area contributed by atoms with Gasteiger partial charge in [-0.1, -0.05) is 12.1 Å². The van der Waals surface area contributed by atoms with E-state index in [0.717, 1.165) is 0 Å². The molecule has 0 spiro atoms. The van der Waals surface area contributed by atoms with Crippen molar-refractivity contribution in [3.63, 3.8) is 0 Å². The number of aliphatic hydroxyl groups excluding tert-OH is 3. The van der Waals surface area contributed by atoms with Crippen molar-refractivity contribution in [1.82, 2.24) is 0 Å². The van der Waals surface area contributed by atoms with Gasteiger partial charge in [0.25, 0.3) is 0 Å². The van der Waals surface area contributed by atoms with Crippen LogP contribution in [0, 0.1) is 0 Å². The summed E-state index contributed by atoms with van der Waals surface area (Å²) in [7, 11) is 0. The second-order valence-electron chi connectivity index (χ2n) is 5.15. The molecule has 7 heteroatoms. The van der Waals surface area contributed by atoms with E-state index in [2.05, 4.69) is 0 Å². The summed E-state index contributed by atoms with van der Waals surface area (Å²) < 4.78 is 10.7. The number of rotatable bonds is 2. The van der Waals surface area contributed by atoms with E-state index in [0.29, 0.717) is 16.5 Å². The summed E-state index contributed by atoms with van der Waals surface area (Å²) in [5.41, 5.74) is 0. The summed E-state index contributed by atoms with van der Waals surface area (Å²) in [5.74, 6) is -0.221. The fourth-order valence-electron chi connectivity index (χ4n) is 2.41. The van der Waals surface area contributed by atoms with E-state index < -0.39 is 24.6 Å². The summed E-state index contributed by atoms with van der Waals surface area (Å²) in [4.78, 5) is 0. The molecule has 4 atom stereocenters. The zero-order chi connectivity index (χ0) is 15.9. The van der Waals surface area contributed by atoms with Crippen LogP contribution in [0.15, 0.2) is 30.3 Å². The number of ether oxygens (including phenoxy) is 2. The molecule has 1 aliphatic heterocycles. The monoisotopic (exact) mass is 308 g/mol. The molecule has 5 N–H and O–H groups in total. The van der Waals surface area contributed by atoms with Gasteiger partial charge in [-0.3, -0.25) is 0 Å².